The van der Waals surface area contributed by atoms with Gasteiger partial charge in [0.05, 0.1) is 5.75 Å². The minimum absolute atomic E-state index is 0.0245. The zero-order valence-electron chi connectivity index (χ0n) is 13.5. The fourth-order valence-corrected chi connectivity index (χ4v) is 2.58. The van der Waals surface area contributed by atoms with Crippen molar-refractivity contribution in [2.24, 2.45) is 0 Å². The van der Waals surface area contributed by atoms with Crippen LogP contribution in [0, 0.1) is 11.6 Å². The zero-order chi connectivity index (χ0) is 18.2. The van der Waals surface area contributed by atoms with Gasteiger partial charge >= 0.3 is 5.97 Å². The van der Waals surface area contributed by atoms with Gasteiger partial charge in [0.1, 0.15) is 23.5 Å². The van der Waals surface area contributed by atoms with Gasteiger partial charge in [0.2, 0.25) is 5.91 Å². The Morgan fingerprint density at radius 1 is 1.12 bits per heavy atom. The smallest absolute Gasteiger partial charge is 0.319 e. The van der Waals surface area contributed by atoms with Crippen LogP contribution in [0.25, 0.3) is 0 Å². The molecule has 0 aromatic heterocycles. The van der Waals surface area contributed by atoms with Crippen LogP contribution in [0.3, 0.4) is 0 Å². The van der Waals surface area contributed by atoms with E-state index in [1.54, 1.807) is 13.0 Å². The SMILES string of the molecule is CC(SCC(=O)Nc1ccc(F)cc1)C(=O)OCc1cccc(F)c1. The molecule has 132 valence electrons. The van der Waals surface area contributed by atoms with Gasteiger partial charge in [-0.3, -0.25) is 9.59 Å². The molecule has 0 saturated heterocycles. The molecule has 25 heavy (non-hydrogen) atoms. The van der Waals surface area contributed by atoms with Gasteiger partial charge < -0.3 is 10.1 Å². The summed E-state index contributed by atoms with van der Waals surface area (Å²) in [4.78, 5) is 23.7. The first-order valence-corrected chi connectivity index (χ1v) is 8.57. The fraction of sp³-hybridized carbons (Fsp3) is 0.222. The Hall–Kier alpha value is -2.41. The van der Waals surface area contributed by atoms with Crippen LogP contribution in [0.2, 0.25) is 0 Å². The lowest BCUT2D eigenvalue weighted by Gasteiger charge is -2.11. The van der Waals surface area contributed by atoms with E-state index >= 15 is 0 Å². The van der Waals surface area contributed by atoms with Gasteiger partial charge in [-0.1, -0.05) is 12.1 Å². The summed E-state index contributed by atoms with van der Waals surface area (Å²) in [6.45, 7) is 1.60. The number of thioether (sulfide) groups is 1. The third-order valence-electron chi connectivity index (χ3n) is 3.19. The Balaban J connectivity index is 1.73. The van der Waals surface area contributed by atoms with Crippen LogP contribution in [0.5, 0.6) is 0 Å². The van der Waals surface area contributed by atoms with Crippen LogP contribution >= 0.6 is 11.8 Å². The third kappa shape index (κ3) is 6.54. The molecule has 1 amide bonds. The summed E-state index contributed by atoms with van der Waals surface area (Å²) in [5, 5.41) is 2.06. The van der Waals surface area contributed by atoms with Crippen molar-refractivity contribution in [2.75, 3.05) is 11.1 Å². The molecular weight excluding hydrogens is 348 g/mol. The highest BCUT2D eigenvalue weighted by Gasteiger charge is 2.17. The van der Waals surface area contributed by atoms with Crippen molar-refractivity contribution in [3.8, 4) is 0 Å². The minimum atomic E-state index is -0.549. The molecule has 0 aliphatic carbocycles. The first kappa shape index (κ1) is 18.9. The van der Waals surface area contributed by atoms with Crippen molar-refractivity contribution in [3.05, 3.63) is 65.7 Å². The molecule has 1 unspecified atom stereocenters. The average molecular weight is 365 g/mol. The maximum atomic E-state index is 13.1. The molecule has 0 heterocycles. The largest absolute Gasteiger partial charge is 0.460 e. The highest BCUT2D eigenvalue weighted by molar-refractivity contribution is 8.01. The van der Waals surface area contributed by atoms with E-state index in [0.29, 0.717) is 11.3 Å². The average Bonchev–Trinajstić information content (AvgIpc) is 2.59. The molecule has 2 rings (SSSR count). The number of rotatable bonds is 7. The number of benzene rings is 2. The van der Waals surface area contributed by atoms with E-state index in [1.165, 1.54) is 42.5 Å². The summed E-state index contributed by atoms with van der Waals surface area (Å²) in [6.07, 6.45) is 0. The topological polar surface area (TPSA) is 55.4 Å². The number of amides is 1. The molecule has 0 radical (unpaired) electrons. The number of carbonyl (C=O) groups excluding carboxylic acids is 2. The third-order valence-corrected chi connectivity index (χ3v) is 4.32. The van der Waals surface area contributed by atoms with E-state index in [2.05, 4.69) is 5.32 Å². The van der Waals surface area contributed by atoms with Crippen molar-refractivity contribution < 1.29 is 23.1 Å². The highest BCUT2D eigenvalue weighted by Crippen LogP contribution is 2.15. The van der Waals surface area contributed by atoms with Crippen molar-refractivity contribution in [1.82, 2.24) is 0 Å². The molecule has 0 saturated carbocycles. The van der Waals surface area contributed by atoms with Crippen molar-refractivity contribution in [1.29, 1.82) is 0 Å². The molecular formula is C18H17F2NO3S. The van der Waals surface area contributed by atoms with Crippen molar-refractivity contribution >= 4 is 29.3 Å². The molecule has 2 aromatic rings. The summed E-state index contributed by atoms with van der Waals surface area (Å²) < 4.78 is 31.0. The quantitative estimate of drug-likeness (QED) is 0.759. The molecule has 4 nitrogen and oxygen atoms in total. The summed E-state index contributed by atoms with van der Waals surface area (Å²) >= 11 is 1.12. The second kappa shape index (κ2) is 9.17. The second-order valence-corrected chi connectivity index (χ2v) is 6.58. The van der Waals surface area contributed by atoms with Gasteiger partial charge in [-0.2, -0.15) is 0 Å². The van der Waals surface area contributed by atoms with Gasteiger partial charge in [-0.25, -0.2) is 8.78 Å². The van der Waals surface area contributed by atoms with E-state index in [-0.39, 0.29) is 24.1 Å². The fourth-order valence-electron chi connectivity index (χ4n) is 1.90. The highest BCUT2D eigenvalue weighted by atomic mass is 32.2. The van der Waals surface area contributed by atoms with Crippen molar-refractivity contribution in [3.63, 3.8) is 0 Å². The maximum absolute atomic E-state index is 13.1. The molecule has 0 bridgehead atoms. The van der Waals surface area contributed by atoms with E-state index in [1.807, 2.05) is 0 Å². The first-order chi connectivity index (χ1) is 11.9. The van der Waals surface area contributed by atoms with Crippen LogP contribution in [0.1, 0.15) is 12.5 Å². The monoisotopic (exact) mass is 365 g/mol. The van der Waals surface area contributed by atoms with E-state index in [9.17, 15) is 18.4 Å². The Bertz CT molecular complexity index is 737. The van der Waals surface area contributed by atoms with Gasteiger partial charge in [-0.15, -0.1) is 11.8 Å². The van der Waals surface area contributed by atoms with Gasteiger partial charge in [-0.05, 0) is 48.9 Å². The maximum Gasteiger partial charge on any atom is 0.319 e. The normalized spacial score (nSPS) is 11.6. The lowest BCUT2D eigenvalue weighted by molar-refractivity contribution is -0.143. The molecule has 0 aliphatic rings. The lowest BCUT2D eigenvalue weighted by Crippen LogP contribution is -2.21. The van der Waals surface area contributed by atoms with Crippen molar-refractivity contribution in [2.45, 2.75) is 18.8 Å². The predicted octanol–water partition coefficient (Wildman–Crippen LogP) is 3.77. The van der Waals surface area contributed by atoms with Crippen LogP contribution in [0.4, 0.5) is 14.5 Å². The Kier molecular flexibility index (Phi) is 6.94. The molecule has 7 heteroatoms. The number of carbonyl (C=O) groups is 2. The molecule has 2 aromatic carbocycles. The minimum Gasteiger partial charge on any atom is -0.460 e. The Morgan fingerprint density at radius 3 is 2.52 bits per heavy atom. The molecule has 0 aliphatic heterocycles. The number of ether oxygens (including phenoxy) is 1. The Morgan fingerprint density at radius 2 is 1.84 bits per heavy atom. The van der Waals surface area contributed by atoms with Crippen LogP contribution in [-0.2, 0) is 20.9 Å². The van der Waals surface area contributed by atoms with Gasteiger partial charge in [0, 0.05) is 5.69 Å². The van der Waals surface area contributed by atoms with Crippen LogP contribution in [0.15, 0.2) is 48.5 Å². The summed E-state index contributed by atoms with van der Waals surface area (Å²) in [6, 6.07) is 11.2. The first-order valence-electron chi connectivity index (χ1n) is 7.52. The van der Waals surface area contributed by atoms with Gasteiger partial charge in [0.25, 0.3) is 0 Å². The lowest BCUT2D eigenvalue weighted by atomic mass is 10.2. The summed E-state index contributed by atoms with van der Waals surface area (Å²) in [7, 11) is 0. The molecule has 1 atom stereocenters. The molecule has 0 fully saturated rings. The molecule has 1 N–H and O–H groups in total. The number of hydrogen-bond acceptors (Lipinski definition) is 4. The van der Waals surface area contributed by atoms with Crippen LogP contribution < -0.4 is 5.32 Å². The number of esters is 1. The van der Waals surface area contributed by atoms with E-state index in [4.69, 9.17) is 4.74 Å². The summed E-state index contributed by atoms with van der Waals surface area (Å²) in [5.41, 5.74) is 1.04. The predicted molar refractivity (Wildman–Crippen MR) is 93.1 cm³/mol. The summed E-state index contributed by atoms with van der Waals surface area (Å²) in [5.74, 6) is -1.52. The standard InChI is InChI=1S/C18H17F2NO3S/c1-12(18(23)24-10-13-3-2-4-15(20)9-13)25-11-17(22)21-16-7-5-14(19)6-8-16/h2-9,12H,10-11H2,1H3,(H,21,22). The van der Waals surface area contributed by atoms with E-state index in [0.717, 1.165) is 11.8 Å². The zero-order valence-corrected chi connectivity index (χ0v) is 14.3. The number of halogens is 2. The molecule has 0 spiro atoms. The van der Waals surface area contributed by atoms with E-state index < -0.39 is 17.0 Å². The number of anilines is 1. The second-order valence-electron chi connectivity index (χ2n) is 5.25. The number of hydrogen-bond donors (Lipinski definition) is 1. The van der Waals surface area contributed by atoms with Crippen LogP contribution in [-0.4, -0.2) is 22.9 Å². The number of nitrogens with one attached hydrogen (secondary N) is 1. The Labute approximate surface area is 148 Å². The van der Waals surface area contributed by atoms with Gasteiger partial charge in [0.15, 0.2) is 0 Å².